The first kappa shape index (κ1) is 12.2. The molecule has 1 heterocycles. The van der Waals surface area contributed by atoms with Gasteiger partial charge in [-0.1, -0.05) is 6.07 Å². The number of carbonyl (C=O) groups is 1. The van der Waals surface area contributed by atoms with Crippen molar-refractivity contribution in [3.8, 4) is 0 Å². The molecule has 1 atom stereocenters. The van der Waals surface area contributed by atoms with Crippen LogP contribution in [-0.2, 0) is 18.3 Å². The molecule has 19 heavy (non-hydrogen) atoms. The molecule has 1 amide bonds. The van der Waals surface area contributed by atoms with Gasteiger partial charge in [0.2, 0.25) is 5.91 Å². The predicted molar refractivity (Wildman–Crippen MR) is 75.1 cm³/mol. The van der Waals surface area contributed by atoms with Gasteiger partial charge in [-0.25, -0.2) is 0 Å². The molecule has 100 valence electrons. The summed E-state index contributed by atoms with van der Waals surface area (Å²) in [6, 6.07) is 4.33. The summed E-state index contributed by atoms with van der Waals surface area (Å²) in [7, 11) is 1.97. The van der Waals surface area contributed by atoms with E-state index < -0.39 is 0 Å². The Bertz CT molecular complexity index is 630. The van der Waals surface area contributed by atoms with E-state index in [1.54, 1.807) is 6.92 Å². The molecule has 1 aromatic carbocycles. The third-order valence-corrected chi connectivity index (χ3v) is 3.97. The van der Waals surface area contributed by atoms with Crippen LogP contribution in [0.25, 0.3) is 10.9 Å². The van der Waals surface area contributed by atoms with Crippen molar-refractivity contribution in [1.29, 1.82) is 0 Å². The van der Waals surface area contributed by atoms with Gasteiger partial charge in [0.05, 0.1) is 5.52 Å². The second-order valence-electron chi connectivity index (χ2n) is 5.38. The lowest BCUT2D eigenvalue weighted by Gasteiger charge is -2.12. The van der Waals surface area contributed by atoms with E-state index in [0.29, 0.717) is 5.92 Å². The van der Waals surface area contributed by atoms with Gasteiger partial charge in [0.1, 0.15) is 0 Å². The molecule has 0 saturated heterocycles. The van der Waals surface area contributed by atoms with Crippen molar-refractivity contribution in [1.82, 2.24) is 15.1 Å². The number of hydrogen-bond acceptors (Lipinski definition) is 2. The molecule has 1 N–H and O–H groups in total. The van der Waals surface area contributed by atoms with Gasteiger partial charge in [0.15, 0.2) is 0 Å². The highest BCUT2D eigenvalue weighted by Crippen LogP contribution is 2.39. The molecule has 1 aliphatic carbocycles. The van der Waals surface area contributed by atoms with Crippen LogP contribution < -0.4 is 5.32 Å². The van der Waals surface area contributed by atoms with Crippen LogP contribution in [0.1, 0.15) is 36.8 Å². The Balaban J connectivity index is 1.89. The minimum atomic E-state index is 0.0535. The first-order chi connectivity index (χ1) is 9.15. The van der Waals surface area contributed by atoms with E-state index in [4.69, 9.17) is 0 Å². The summed E-state index contributed by atoms with van der Waals surface area (Å²) in [5.41, 5.74) is 3.98. The third kappa shape index (κ3) is 2.23. The Morgan fingerprint density at radius 1 is 1.53 bits per heavy atom. The first-order valence-corrected chi connectivity index (χ1v) is 6.84. The summed E-state index contributed by atoms with van der Waals surface area (Å²) in [6.45, 7) is 2.33. The maximum absolute atomic E-state index is 11.0. The van der Waals surface area contributed by atoms with Gasteiger partial charge in [-0.2, -0.15) is 5.10 Å². The largest absolute Gasteiger partial charge is 0.356 e. The zero-order valence-electron chi connectivity index (χ0n) is 11.4. The predicted octanol–water partition coefficient (Wildman–Crippen LogP) is 2.13. The molecule has 1 aromatic heterocycles. The zero-order valence-corrected chi connectivity index (χ0v) is 11.4. The standard InChI is InChI=1S/C15H19N3O/c1-10(19)16-8-7-12-4-3-11-5-6-14-13(15(11)12)9-18(2)17-14/h5-6,9,12H,3-4,7-8H2,1-2H3,(H,16,19)/t12-/m1/s1. The molecule has 0 aliphatic heterocycles. The number of carbonyl (C=O) groups excluding carboxylic acids is 1. The SMILES string of the molecule is CC(=O)NCC[C@H]1CCc2ccc3nn(C)cc3c21. The summed E-state index contributed by atoms with van der Waals surface area (Å²) >= 11 is 0. The van der Waals surface area contributed by atoms with Crippen LogP contribution >= 0.6 is 0 Å². The normalized spacial score (nSPS) is 17.7. The van der Waals surface area contributed by atoms with Gasteiger partial charge in [-0.3, -0.25) is 9.48 Å². The molecule has 4 nitrogen and oxygen atoms in total. The van der Waals surface area contributed by atoms with Crippen LogP contribution in [-0.4, -0.2) is 22.2 Å². The van der Waals surface area contributed by atoms with Crippen LogP contribution in [0.3, 0.4) is 0 Å². The number of nitrogens with zero attached hydrogens (tertiary/aromatic N) is 2. The average molecular weight is 257 g/mol. The van der Waals surface area contributed by atoms with Crippen molar-refractivity contribution in [2.24, 2.45) is 7.05 Å². The molecule has 3 rings (SSSR count). The minimum Gasteiger partial charge on any atom is -0.356 e. The van der Waals surface area contributed by atoms with E-state index in [-0.39, 0.29) is 5.91 Å². The Labute approximate surface area is 112 Å². The van der Waals surface area contributed by atoms with Gasteiger partial charge in [-0.05, 0) is 42.4 Å². The zero-order chi connectivity index (χ0) is 13.4. The van der Waals surface area contributed by atoms with Crippen molar-refractivity contribution >= 4 is 16.8 Å². The average Bonchev–Trinajstić information content (AvgIpc) is 2.90. The molecular weight excluding hydrogens is 238 g/mol. The number of aromatic nitrogens is 2. The van der Waals surface area contributed by atoms with Crippen molar-refractivity contribution in [3.63, 3.8) is 0 Å². The topological polar surface area (TPSA) is 46.9 Å². The van der Waals surface area contributed by atoms with Gasteiger partial charge in [0, 0.05) is 32.1 Å². The molecule has 0 radical (unpaired) electrons. The smallest absolute Gasteiger partial charge is 0.216 e. The highest BCUT2D eigenvalue weighted by molar-refractivity contribution is 5.84. The second-order valence-corrected chi connectivity index (χ2v) is 5.38. The summed E-state index contributed by atoms with van der Waals surface area (Å²) in [5.74, 6) is 0.604. The number of nitrogens with one attached hydrogen (secondary N) is 1. The molecule has 0 fully saturated rings. The van der Waals surface area contributed by atoms with Crippen LogP contribution in [0.2, 0.25) is 0 Å². The van der Waals surface area contributed by atoms with Crippen LogP contribution in [0.4, 0.5) is 0 Å². The second kappa shape index (κ2) is 4.68. The molecule has 0 unspecified atom stereocenters. The number of rotatable bonds is 3. The maximum atomic E-state index is 11.0. The van der Waals surface area contributed by atoms with Crippen LogP contribution in [0, 0.1) is 0 Å². The molecule has 2 aromatic rings. The van der Waals surface area contributed by atoms with Crippen molar-refractivity contribution in [3.05, 3.63) is 29.5 Å². The Hall–Kier alpha value is -1.84. The fourth-order valence-electron chi connectivity index (χ4n) is 3.16. The van der Waals surface area contributed by atoms with Gasteiger partial charge in [-0.15, -0.1) is 0 Å². The fourth-order valence-corrected chi connectivity index (χ4v) is 3.16. The lowest BCUT2D eigenvalue weighted by atomic mass is 9.95. The lowest BCUT2D eigenvalue weighted by Crippen LogP contribution is -2.22. The molecule has 1 aliphatic rings. The van der Waals surface area contributed by atoms with Crippen molar-refractivity contribution in [2.45, 2.75) is 32.1 Å². The molecule has 4 heteroatoms. The summed E-state index contributed by atoms with van der Waals surface area (Å²) in [6.07, 6.45) is 5.46. The highest BCUT2D eigenvalue weighted by Gasteiger charge is 2.25. The molecule has 0 saturated carbocycles. The van der Waals surface area contributed by atoms with Crippen LogP contribution in [0.5, 0.6) is 0 Å². The molecular formula is C15H19N3O. The molecule has 0 spiro atoms. The minimum absolute atomic E-state index is 0.0535. The van der Waals surface area contributed by atoms with Crippen molar-refractivity contribution < 1.29 is 4.79 Å². The molecule has 0 bridgehead atoms. The number of aryl methyl sites for hydroxylation is 2. The van der Waals surface area contributed by atoms with Crippen molar-refractivity contribution in [2.75, 3.05) is 6.54 Å². The van der Waals surface area contributed by atoms with E-state index in [2.05, 4.69) is 28.7 Å². The first-order valence-electron chi connectivity index (χ1n) is 6.84. The summed E-state index contributed by atoms with van der Waals surface area (Å²) in [5, 5.41) is 8.66. The van der Waals surface area contributed by atoms with E-state index in [1.165, 1.54) is 22.9 Å². The number of hydrogen-bond donors (Lipinski definition) is 1. The monoisotopic (exact) mass is 257 g/mol. The lowest BCUT2D eigenvalue weighted by molar-refractivity contribution is -0.118. The Morgan fingerprint density at radius 3 is 3.16 bits per heavy atom. The summed E-state index contributed by atoms with van der Waals surface area (Å²) < 4.78 is 1.88. The van der Waals surface area contributed by atoms with Gasteiger partial charge in [0.25, 0.3) is 0 Å². The number of fused-ring (bicyclic) bond motifs is 3. The fraction of sp³-hybridized carbons (Fsp3) is 0.467. The van der Waals surface area contributed by atoms with Gasteiger partial charge < -0.3 is 5.32 Å². The van der Waals surface area contributed by atoms with E-state index >= 15 is 0 Å². The maximum Gasteiger partial charge on any atom is 0.216 e. The number of benzene rings is 1. The van der Waals surface area contributed by atoms with Gasteiger partial charge >= 0.3 is 0 Å². The van der Waals surface area contributed by atoms with E-state index in [0.717, 1.165) is 24.9 Å². The van der Waals surface area contributed by atoms with Crippen LogP contribution in [0.15, 0.2) is 18.3 Å². The Kier molecular flexibility index (Phi) is 3.01. The summed E-state index contributed by atoms with van der Waals surface area (Å²) in [4.78, 5) is 11.0. The number of amides is 1. The third-order valence-electron chi connectivity index (χ3n) is 3.97. The van der Waals surface area contributed by atoms with E-state index in [1.807, 2.05) is 11.7 Å². The quantitative estimate of drug-likeness (QED) is 0.915. The van der Waals surface area contributed by atoms with E-state index in [9.17, 15) is 4.79 Å². The Morgan fingerprint density at radius 2 is 2.37 bits per heavy atom. The highest BCUT2D eigenvalue weighted by atomic mass is 16.1.